The fourth-order valence-corrected chi connectivity index (χ4v) is 5.28. The lowest BCUT2D eigenvalue weighted by Crippen LogP contribution is -2.50. The number of likely N-dealkylation sites (tertiary alicyclic amines) is 1. The predicted molar refractivity (Wildman–Crippen MR) is 103 cm³/mol. The first-order valence-corrected chi connectivity index (χ1v) is 11.3. The minimum absolute atomic E-state index is 0.0407. The SMILES string of the molecule is O=C1CCCN1CCC(=O)N1CCN(S(=O)(=O)c2ccc3c(c2)OCCO3)CC1. The van der Waals surface area contributed by atoms with Gasteiger partial charge in [-0.25, -0.2) is 8.42 Å². The fourth-order valence-electron chi connectivity index (χ4n) is 3.84. The molecule has 0 aromatic heterocycles. The largest absolute Gasteiger partial charge is 0.486 e. The first-order valence-electron chi connectivity index (χ1n) is 9.90. The number of benzene rings is 1. The second-order valence-corrected chi connectivity index (χ2v) is 9.26. The zero-order valence-corrected chi connectivity index (χ0v) is 17.0. The molecule has 4 rings (SSSR count). The molecule has 29 heavy (non-hydrogen) atoms. The van der Waals surface area contributed by atoms with Crippen LogP contribution in [0.5, 0.6) is 11.5 Å². The minimum Gasteiger partial charge on any atom is -0.486 e. The summed E-state index contributed by atoms with van der Waals surface area (Å²) in [5, 5.41) is 0. The smallest absolute Gasteiger partial charge is 0.243 e. The maximum absolute atomic E-state index is 13.0. The van der Waals surface area contributed by atoms with Crippen molar-refractivity contribution in [2.75, 3.05) is 52.5 Å². The van der Waals surface area contributed by atoms with Crippen molar-refractivity contribution in [3.63, 3.8) is 0 Å². The van der Waals surface area contributed by atoms with E-state index >= 15 is 0 Å². The molecule has 9 nitrogen and oxygen atoms in total. The Morgan fingerprint density at radius 1 is 1.00 bits per heavy atom. The Balaban J connectivity index is 1.33. The van der Waals surface area contributed by atoms with Crippen molar-refractivity contribution in [1.29, 1.82) is 0 Å². The van der Waals surface area contributed by atoms with E-state index < -0.39 is 10.0 Å². The van der Waals surface area contributed by atoms with E-state index in [1.807, 2.05) is 0 Å². The van der Waals surface area contributed by atoms with Gasteiger partial charge in [-0.05, 0) is 18.6 Å². The van der Waals surface area contributed by atoms with Crippen molar-refractivity contribution >= 4 is 21.8 Å². The number of hydrogen-bond donors (Lipinski definition) is 0. The summed E-state index contributed by atoms with van der Waals surface area (Å²) in [7, 11) is -3.67. The van der Waals surface area contributed by atoms with Crippen molar-refractivity contribution in [2.45, 2.75) is 24.2 Å². The number of amides is 2. The van der Waals surface area contributed by atoms with Gasteiger partial charge in [-0.3, -0.25) is 9.59 Å². The number of sulfonamides is 1. The van der Waals surface area contributed by atoms with Gasteiger partial charge in [0, 0.05) is 58.2 Å². The number of hydrogen-bond acceptors (Lipinski definition) is 6. The molecule has 0 atom stereocenters. The van der Waals surface area contributed by atoms with Crippen molar-refractivity contribution in [2.24, 2.45) is 0 Å². The number of carbonyl (C=O) groups is 2. The maximum atomic E-state index is 13.0. The summed E-state index contributed by atoms with van der Waals surface area (Å²) >= 11 is 0. The average Bonchev–Trinajstić information content (AvgIpc) is 3.16. The quantitative estimate of drug-likeness (QED) is 0.676. The second-order valence-electron chi connectivity index (χ2n) is 7.32. The molecule has 0 aliphatic carbocycles. The van der Waals surface area contributed by atoms with Crippen LogP contribution in [0.1, 0.15) is 19.3 Å². The first kappa shape index (κ1) is 20.0. The Morgan fingerprint density at radius 3 is 2.41 bits per heavy atom. The third kappa shape index (κ3) is 4.18. The number of ether oxygens (including phenoxy) is 2. The molecule has 3 aliphatic rings. The lowest BCUT2D eigenvalue weighted by Gasteiger charge is -2.34. The Bertz CT molecular complexity index is 895. The molecule has 10 heteroatoms. The molecule has 0 bridgehead atoms. The van der Waals surface area contributed by atoms with Crippen LogP contribution in [0, 0.1) is 0 Å². The van der Waals surface area contributed by atoms with Gasteiger partial charge in [0.2, 0.25) is 21.8 Å². The van der Waals surface area contributed by atoms with Gasteiger partial charge in [0.05, 0.1) is 4.90 Å². The molecule has 158 valence electrons. The van der Waals surface area contributed by atoms with Crippen LogP contribution in [-0.4, -0.2) is 86.8 Å². The average molecular weight is 423 g/mol. The van der Waals surface area contributed by atoms with Crippen molar-refractivity contribution < 1.29 is 27.5 Å². The van der Waals surface area contributed by atoms with E-state index in [1.165, 1.54) is 16.4 Å². The summed E-state index contributed by atoms with van der Waals surface area (Å²) in [5.74, 6) is 1.04. The molecule has 0 unspecified atom stereocenters. The van der Waals surface area contributed by atoms with Gasteiger partial charge in [0.15, 0.2) is 11.5 Å². The molecule has 3 heterocycles. The van der Waals surface area contributed by atoms with E-state index in [4.69, 9.17) is 9.47 Å². The van der Waals surface area contributed by atoms with Gasteiger partial charge < -0.3 is 19.3 Å². The van der Waals surface area contributed by atoms with Crippen molar-refractivity contribution in [3.8, 4) is 11.5 Å². The van der Waals surface area contributed by atoms with Crippen LogP contribution >= 0.6 is 0 Å². The van der Waals surface area contributed by atoms with Crippen LogP contribution in [0.25, 0.3) is 0 Å². The Labute approximate surface area is 170 Å². The highest BCUT2D eigenvalue weighted by molar-refractivity contribution is 7.89. The molecule has 2 amide bonds. The fraction of sp³-hybridized carbons (Fsp3) is 0.579. The second kappa shape index (κ2) is 8.19. The molecule has 0 N–H and O–H groups in total. The number of nitrogens with zero attached hydrogens (tertiary/aromatic N) is 3. The van der Waals surface area contributed by atoms with Crippen LogP contribution in [0.3, 0.4) is 0 Å². The van der Waals surface area contributed by atoms with Crippen molar-refractivity contribution in [1.82, 2.24) is 14.1 Å². The molecule has 2 saturated heterocycles. The Morgan fingerprint density at radius 2 is 1.72 bits per heavy atom. The maximum Gasteiger partial charge on any atom is 0.243 e. The van der Waals surface area contributed by atoms with E-state index in [1.54, 1.807) is 15.9 Å². The van der Waals surface area contributed by atoms with Gasteiger partial charge in [-0.1, -0.05) is 0 Å². The predicted octanol–water partition coefficient (Wildman–Crippen LogP) is 0.303. The standard InChI is InChI=1S/C19H25N3O6S/c23-18-2-1-6-20(18)7-5-19(24)21-8-10-22(11-9-21)29(25,26)15-3-4-16-17(14-15)28-13-12-27-16/h3-4,14H,1-2,5-13H2. The molecule has 2 fully saturated rings. The highest BCUT2D eigenvalue weighted by atomic mass is 32.2. The molecule has 1 aromatic rings. The summed E-state index contributed by atoms with van der Waals surface area (Å²) in [6.07, 6.45) is 1.69. The lowest BCUT2D eigenvalue weighted by molar-refractivity contribution is -0.133. The third-order valence-electron chi connectivity index (χ3n) is 5.51. The molecule has 0 radical (unpaired) electrons. The van der Waals surface area contributed by atoms with E-state index in [9.17, 15) is 18.0 Å². The number of carbonyl (C=O) groups excluding carboxylic acids is 2. The monoisotopic (exact) mass is 423 g/mol. The summed E-state index contributed by atoms with van der Waals surface area (Å²) in [4.78, 5) is 27.7. The van der Waals surface area contributed by atoms with Gasteiger partial charge in [0.25, 0.3) is 0 Å². The van der Waals surface area contributed by atoms with E-state index in [0.29, 0.717) is 57.3 Å². The third-order valence-corrected chi connectivity index (χ3v) is 7.40. The number of rotatable bonds is 5. The summed E-state index contributed by atoms with van der Waals surface area (Å²) in [6, 6.07) is 4.63. The minimum atomic E-state index is -3.67. The number of piperazine rings is 1. The Hall–Kier alpha value is -2.33. The number of fused-ring (bicyclic) bond motifs is 1. The molecule has 0 saturated carbocycles. The highest BCUT2D eigenvalue weighted by Gasteiger charge is 2.31. The molecular formula is C19H25N3O6S. The highest BCUT2D eigenvalue weighted by Crippen LogP contribution is 2.33. The summed E-state index contributed by atoms with van der Waals surface area (Å²) < 4.78 is 38.3. The molecule has 1 aromatic carbocycles. The molecule has 3 aliphatic heterocycles. The van der Waals surface area contributed by atoms with E-state index in [2.05, 4.69) is 0 Å². The van der Waals surface area contributed by atoms with Crippen LogP contribution in [0.4, 0.5) is 0 Å². The zero-order valence-electron chi connectivity index (χ0n) is 16.2. The molecule has 0 spiro atoms. The lowest BCUT2D eigenvalue weighted by atomic mass is 10.3. The Kier molecular flexibility index (Phi) is 5.64. The van der Waals surface area contributed by atoms with Crippen LogP contribution in [0.2, 0.25) is 0 Å². The van der Waals surface area contributed by atoms with Gasteiger partial charge in [-0.2, -0.15) is 4.31 Å². The van der Waals surface area contributed by atoms with Crippen molar-refractivity contribution in [3.05, 3.63) is 18.2 Å². The van der Waals surface area contributed by atoms with Gasteiger partial charge >= 0.3 is 0 Å². The van der Waals surface area contributed by atoms with Crippen LogP contribution in [-0.2, 0) is 19.6 Å². The normalized spacial score (nSPS) is 20.2. The van der Waals surface area contributed by atoms with E-state index in [0.717, 1.165) is 6.42 Å². The van der Waals surface area contributed by atoms with E-state index in [-0.39, 0.29) is 36.2 Å². The zero-order chi connectivity index (χ0) is 20.4. The molecular weight excluding hydrogens is 398 g/mol. The summed E-state index contributed by atoms with van der Waals surface area (Å²) in [6.45, 7) is 3.16. The van der Waals surface area contributed by atoms with Crippen LogP contribution in [0.15, 0.2) is 23.1 Å². The first-order chi connectivity index (χ1) is 13.9. The topological polar surface area (TPSA) is 96.5 Å². The van der Waals surface area contributed by atoms with Gasteiger partial charge in [-0.15, -0.1) is 0 Å². The van der Waals surface area contributed by atoms with Gasteiger partial charge in [0.1, 0.15) is 13.2 Å². The van der Waals surface area contributed by atoms with Crippen LogP contribution < -0.4 is 9.47 Å². The summed E-state index contributed by atoms with van der Waals surface area (Å²) in [5.41, 5.74) is 0.